The van der Waals surface area contributed by atoms with Crippen molar-refractivity contribution in [2.24, 2.45) is 11.8 Å². The third-order valence-electron chi connectivity index (χ3n) is 5.44. The summed E-state index contributed by atoms with van der Waals surface area (Å²) in [6, 6.07) is 0. The smallest absolute Gasteiger partial charge is 0.141 e. The molecule has 0 N–H and O–H groups in total. The number of nitrogens with zero attached hydrogens (tertiary/aromatic N) is 4. The summed E-state index contributed by atoms with van der Waals surface area (Å²) < 4.78 is 5.53. The molecule has 1 unspecified atom stereocenters. The van der Waals surface area contributed by atoms with Crippen molar-refractivity contribution in [3.05, 3.63) is 16.8 Å². The molecule has 1 atom stereocenters. The van der Waals surface area contributed by atoms with Gasteiger partial charge in [-0.2, -0.15) is 0 Å². The molecule has 26 heavy (non-hydrogen) atoms. The van der Waals surface area contributed by atoms with Gasteiger partial charge in [0, 0.05) is 39.3 Å². The lowest BCUT2D eigenvalue weighted by Crippen LogP contribution is -2.48. The SMILES string of the molecule is Cc1nc(N2CCN(CC3CCOC3)CC2)c2c(CC(C)C)csc2n1. The second kappa shape index (κ2) is 7.79. The minimum atomic E-state index is 0.646. The normalized spacial score (nSPS) is 22.0. The predicted octanol–water partition coefficient (Wildman–Crippen LogP) is 3.36. The Morgan fingerprint density at radius 3 is 2.73 bits per heavy atom. The largest absolute Gasteiger partial charge is 0.381 e. The summed E-state index contributed by atoms with van der Waals surface area (Å²) in [4.78, 5) is 15.8. The van der Waals surface area contributed by atoms with Crippen LogP contribution >= 0.6 is 11.3 Å². The first-order valence-corrected chi connectivity index (χ1v) is 10.8. The minimum Gasteiger partial charge on any atom is -0.381 e. The van der Waals surface area contributed by atoms with Gasteiger partial charge in [-0.15, -0.1) is 11.3 Å². The topological polar surface area (TPSA) is 41.5 Å². The number of anilines is 1. The zero-order chi connectivity index (χ0) is 18.1. The molecule has 0 aliphatic carbocycles. The zero-order valence-electron chi connectivity index (χ0n) is 16.2. The second-order valence-corrected chi connectivity index (χ2v) is 9.01. The van der Waals surface area contributed by atoms with E-state index >= 15 is 0 Å². The monoisotopic (exact) mass is 374 g/mol. The van der Waals surface area contributed by atoms with Gasteiger partial charge >= 0.3 is 0 Å². The van der Waals surface area contributed by atoms with Crippen LogP contribution in [0, 0.1) is 18.8 Å². The number of hydrogen-bond donors (Lipinski definition) is 0. The Morgan fingerprint density at radius 2 is 2.04 bits per heavy atom. The fraction of sp³-hybridized carbons (Fsp3) is 0.700. The summed E-state index contributed by atoms with van der Waals surface area (Å²) >= 11 is 1.77. The first-order chi connectivity index (χ1) is 12.6. The van der Waals surface area contributed by atoms with E-state index in [9.17, 15) is 0 Å². The van der Waals surface area contributed by atoms with E-state index in [0.29, 0.717) is 5.92 Å². The molecular formula is C20H30N4OS. The summed E-state index contributed by atoms with van der Waals surface area (Å²) in [6.45, 7) is 14.0. The lowest BCUT2D eigenvalue weighted by atomic mass is 10.0. The molecule has 6 heteroatoms. The van der Waals surface area contributed by atoms with Crippen LogP contribution in [0.5, 0.6) is 0 Å². The summed E-state index contributed by atoms with van der Waals surface area (Å²) in [7, 11) is 0. The predicted molar refractivity (Wildman–Crippen MR) is 108 cm³/mol. The van der Waals surface area contributed by atoms with Crippen LogP contribution in [-0.2, 0) is 11.2 Å². The molecular weight excluding hydrogens is 344 g/mol. The van der Waals surface area contributed by atoms with E-state index in [2.05, 4.69) is 29.0 Å². The molecule has 4 rings (SSSR count). The van der Waals surface area contributed by atoms with Crippen LogP contribution in [0.1, 0.15) is 31.7 Å². The molecule has 0 bridgehead atoms. The van der Waals surface area contributed by atoms with Gasteiger partial charge in [0.25, 0.3) is 0 Å². The van der Waals surface area contributed by atoms with Gasteiger partial charge in [-0.3, -0.25) is 4.90 Å². The molecule has 2 aromatic heterocycles. The number of piperazine rings is 1. The molecule has 142 valence electrons. The molecule has 5 nitrogen and oxygen atoms in total. The second-order valence-electron chi connectivity index (χ2n) is 8.15. The van der Waals surface area contributed by atoms with E-state index in [1.807, 2.05) is 6.92 Å². The minimum absolute atomic E-state index is 0.646. The Bertz CT molecular complexity index is 746. The van der Waals surface area contributed by atoms with E-state index in [1.165, 1.54) is 23.9 Å². The highest BCUT2D eigenvalue weighted by atomic mass is 32.1. The standard InChI is InChI=1S/C20H30N4OS/c1-14(2)10-17-13-26-20-18(17)19(21-15(3)22-20)24-7-5-23(6-8-24)11-16-4-9-25-12-16/h13-14,16H,4-12H2,1-3H3. The van der Waals surface area contributed by atoms with Crippen molar-refractivity contribution < 1.29 is 4.74 Å². The van der Waals surface area contributed by atoms with Crippen LogP contribution < -0.4 is 4.90 Å². The van der Waals surface area contributed by atoms with E-state index in [4.69, 9.17) is 14.7 Å². The van der Waals surface area contributed by atoms with E-state index in [-0.39, 0.29) is 0 Å². The Labute approximate surface area is 160 Å². The average molecular weight is 375 g/mol. The van der Waals surface area contributed by atoms with Crippen molar-refractivity contribution in [1.29, 1.82) is 0 Å². The van der Waals surface area contributed by atoms with Crippen LogP contribution in [0.4, 0.5) is 5.82 Å². The number of aryl methyl sites for hydroxylation is 1. The van der Waals surface area contributed by atoms with Gasteiger partial charge in [-0.1, -0.05) is 13.8 Å². The summed E-state index contributed by atoms with van der Waals surface area (Å²) in [6.07, 6.45) is 2.32. The van der Waals surface area contributed by atoms with Crippen LogP contribution in [0.3, 0.4) is 0 Å². The summed E-state index contributed by atoms with van der Waals surface area (Å²) in [5.74, 6) is 3.42. The molecule has 2 aliphatic rings. The van der Waals surface area contributed by atoms with Crippen molar-refractivity contribution >= 4 is 27.4 Å². The maximum atomic E-state index is 5.53. The molecule has 0 radical (unpaired) electrons. The Morgan fingerprint density at radius 1 is 1.23 bits per heavy atom. The first-order valence-electron chi connectivity index (χ1n) is 9.90. The maximum absolute atomic E-state index is 5.53. The molecule has 0 saturated carbocycles. The van der Waals surface area contributed by atoms with Gasteiger partial charge in [0.2, 0.25) is 0 Å². The fourth-order valence-corrected chi connectivity index (χ4v) is 5.13. The Balaban J connectivity index is 1.52. The lowest BCUT2D eigenvalue weighted by molar-refractivity contribution is 0.164. The maximum Gasteiger partial charge on any atom is 0.141 e. The molecule has 4 heterocycles. The lowest BCUT2D eigenvalue weighted by Gasteiger charge is -2.36. The molecule has 2 fully saturated rings. The molecule has 2 aromatic rings. The molecule has 0 spiro atoms. The van der Waals surface area contributed by atoms with Crippen molar-refractivity contribution in [3.8, 4) is 0 Å². The number of thiophene rings is 1. The molecule has 0 amide bonds. The van der Waals surface area contributed by atoms with E-state index in [1.54, 1.807) is 11.3 Å². The van der Waals surface area contributed by atoms with Gasteiger partial charge in [0.1, 0.15) is 16.5 Å². The van der Waals surface area contributed by atoms with Crippen molar-refractivity contribution in [2.45, 2.75) is 33.6 Å². The summed E-state index contributed by atoms with van der Waals surface area (Å²) in [5, 5.41) is 3.59. The fourth-order valence-electron chi connectivity index (χ4n) is 4.14. The number of ether oxygens (including phenoxy) is 1. The van der Waals surface area contributed by atoms with Crippen LogP contribution in [-0.4, -0.2) is 60.8 Å². The van der Waals surface area contributed by atoms with Crippen molar-refractivity contribution in [1.82, 2.24) is 14.9 Å². The van der Waals surface area contributed by atoms with Gasteiger partial charge in [-0.25, -0.2) is 9.97 Å². The van der Waals surface area contributed by atoms with Crippen LogP contribution in [0.15, 0.2) is 5.38 Å². The first kappa shape index (κ1) is 18.1. The number of aromatic nitrogens is 2. The van der Waals surface area contributed by atoms with Crippen LogP contribution in [0.2, 0.25) is 0 Å². The molecule has 0 aromatic carbocycles. The Kier molecular flexibility index (Phi) is 5.43. The zero-order valence-corrected chi connectivity index (χ0v) is 17.0. The average Bonchev–Trinajstić information content (AvgIpc) is 3.25. The third kappa shape index (κ3) is 3.87. The number of hydrogen-bond acceptors (Lipinski definition) is 6. The van der Waals surface area contributed by atoms with E-state index < -0.39 is 0 Å². The summed E-state index contributed by atoms with van der Waals surface area (Å²) in [5.41, 5.74) is 1.42. The Hall–Kier alpha value is -1.24. The molecule has 2 aliphatic heterocycles. The number of rotatable bonds is 5. The highest BCUT2D eigenvalue weighted by Crippen LogP contribution is 2.34. The number of fused-ring (bicyclic) bond motifs is 1. The third-order valence-corrected chi connectivity index (χ3v) is 6.36. The van der Waals surface area contributed by atoms with Crippen LogP contribution in [0.25, 0.3) is 10.2 Å². The van der Waals surface area contributed by atoms with Gasteiger partial charge in [-0.05, 0) is 42.5 Å². The highest BCUT2D eigenvalue weighted by Gasteiger charge is 2.25. The van der Waals surface area contributed by atoms with Crippen molar-refractivity contribution in [3.63, 3.8) is 0 Å². The highest BCUT2D eigenvalue weighted by molar-refractivity contribution is 7.17. The van der Waals surface area contributed by atoms with E-state index in [0.717, 1.165) is 68.2 Å². The quantitative estimate of drug-likeness (QED) is 0.803. The van der Waals surface area contributed by atoms with Gasteiger partial charge in [0.05, 0.1) is 12.0 Å². The van der Waals surface area contributed by atoms with Crippen molar-refractivity contribution in [2.75, 3.05) is 50.8 Å². The van der Waals surface area contributed by atoms with Gasteiger partial charge in [0.15, 0.2) is 0 Å². The van der Waals surface area contributed by atoms with Gasteiger partial charge < -0.3 is 9.64 Å². The molecule has 2 saturated heterocycles.